The van der Waals surface area contributed by atoms with Gasteiger partial charge in [-0.25, -0.2) is 4.68 Å². The third-order valence-electron chi connectivity index (χ3n) is 7.17. The van der Waals surface area contributed by atoms with Crippen molar-refractivity contribution in [3.63, 3.8) is 0 Å². The van der Waals surface area contributed by atoms with Gasteiger partial charge in [-0.3, -0.25) is 24.5 Å². The first-order valence-corrected chi connectivity index (χ1v) is 12.0. The predicted octanol–water partition coefficient (Wildman–Crippen LogP) is 0.0467. The van der Waals surface area contributed by atoms with Crippen LogP contribution in [0.2, 0.25) is 0 Å². The molecule has 0 aliphatic carbocycles. The molecule has 0 spiro atoms. The molecule has 12 nitrogen and oxygen atoms in total. The summed E-state index contributed by atoms with van der Waals surface area (Å²) in [4.78, 5) is 53.3. The van der Waals surface area contributed by atoms with Crippen molar-refractivity contribution in [2.75, 3.05) is 19.8 Å². The monoisotopic (exact) mass is 494 g/mol. The minimum absolute atomic E-state index is 0.167. The van der Waals surface area contributed by atoms with Gasteiger partial charge in [-0.2, -0.15) is 0 Å². The Labute approximate surface area is 206 Å². The van der Waals surface area contributed by atoms with E-state index in [0.717, 1.165) is 5.56 Å². The molecule has 4 aliphatic heterocycles. The number of imide groups is 1. The molecular weight excluding hydrogens is 468 g/mol. The summed E-state index contributed by atoms with van der Waals surface area (Å²) in [5.41, 5.74) is 1.60. The molecule has 2 aromatic rings. The van der Waals surface area contributed by atoms with Crippen LogP contribution in [0.5, 0.6) is 0 Å². The van der Waals surface area contributed by atoms with Gasteiger partial charge in [0.1, 0.15) is 12.1 Å². The Bertz CT molecular complexity index is 1290. The molecule has 5 heterocycles. The number of carbonyl (C=O) groups excluding carboxylic acids is 4. The van der Waals surface area contributed by atoms with Crippen molar-refractivity contribution in [1.29, 1.82) is 0 Å². The van der Waals surface area contributed by atoms with Crippen LogP contribution in [0, 0.1) is 0 Å². The van der Waals surface area contributed by atoms with Crippen molar-refractivity contribution in [2.24, 2.45) is 0 Å². The van der Waals surface area contributed by atoms with Crippen LogP contribution in [-0.4, -0.2) is 92.0 Å². The lowest BCUT2D eigenvalue weighted by Gasteiger charge is -2.44. The number of benzene rings is 1. The lowest BCUT2D eigenvalue weighted by atomic mass is 10.0. The van der Waals surface area contributed by atoms with Crippen LogP contribution in [0.25, 0.3) is 5.69 Å². The van der Waals surface area contributed by atoms with Gasteiger partial charge >= 0.3 is 0 Å². The van der Waals surface area contributed by atoms with Crippen LogP contribution in [0.15, 0.2) is 24.4 Å². The number of hydrogen-bond donors (Lipinski definition) is 1. The molecule has 0 bridgehead atoms. The van der Waals surface area contributed by atoms with E-state index in [-0.39, 0.29) is 48.5 Å². The normalized spacial score (nSPS) is 27.2. The summed E-state index contributed by atoms with van der Waals surface area (Å²) in [6, 6.07) is 4.38. The number of piperidine rings is 1. The van der Waals surface area contributed by atoms with Gasteiger partial charge in [0.05, 0.1) is 43.3 Å². The minimum atomic E-state index is -0.678. The number of aromatic nitrogens is 3. The van der Waals surface area contributed by atoms with Gasteiger partial charge in [-0.1, -0.05) is 5.21 Å². The second-order valence-corrected chi connectivity index (χ2v) is 10.2. The molecular formula is C24H26N6O6. The topological polar surface area (TPSA) is 136 Å². The predicted molar refractivity (Wildman–Crippen MR) is 122 cm³/mol. The highest BCUT2D eigenvalue weighted by Gasteiger charge is 2.46. The molecule has 3 atom stereocenters. The third kappa shape index (κ3) is 3.77. The molecule has 1 N–H and O–H groups in total. The highest BCUT2D eigenvalue weighted by atomic mass is 16.6. The van der Waals surface area contributed by atoms with E-state index >= 15 is 0 Å². The number of morpholine rings is 1. The Hall–Kier alpha value is -3.64. The Morgan fingerprint density at radius 2 is 2.03 bits per heavy atom. The Morgan fingerprint density at radius 1 is 1.19 bits per heavy atom. The second kappa shape index (κ2) is 8.20. The molecule has 0 radical (unpaired) electrons. The average molecular weight is 495 g/mol. The van der Waals surface area contributed by atoms with Crippen LogP contribution in [0.4, 0.5) is 0 Å². The number of rotatable bonds is 3. The molecule has 12 heteroatoms. The molecule has 36 heavy (non-hydrogen) atoms. The minimum Gasteiger partial charge on any atom is -0.376 e. The summed E-state index contributed by atoms with van der Waals surface area (Å²) in [6.45, 7) is 5.43. The number of amides is 4. The van der Waals surface area contributed by atoms with E-state index in [2.05, 4.69) is 15.6 Å². The Kier molecular flexibility index (Phi) is 5.20. The fraction of sp³-hybridized carbons (Fsp3) is 0.500. The maximum absolute atomic E-state index is 13.4. The zero-order valence-corrected chi connectivity index (χ0v) is 20.0. The quantitative estimate of drug-likeness (QED) is 0.591. The lowest BCUT2D eigenvalue weighted by molar-refractivity contribution is -0.138. The van der Waals surface area contributed by atoms with Crippen molar-refractivity contribution >= 4 is 23.6 Å². The first kappa shape index (κ1) is 22.8. The van der Waals surface area contributed by atoms with Gasteiger partial charge in [0.15, 0.2) is 5.69 Å². The standard InChI is InChI=1S/C24H26N6O6/c1-24(2)12-29(18-10-35-11-19(18)36-24)23(34)16-9-30(27-26-16)14-3-4-15-13(7-14)8-28(22(15)33)17-5-6-20(31)25-21(17)32/h3-4,7,9,17-19H,5-6,8,10-12H2,1-2H3,(H,25,31,32)/t17?,18-,19-/m1/s1. The first-order chi connectivity index (χ1) is 17.2. The first-order valence-electron chi connectivity index (χ1n) is 12.0. The molecule has 1 unspecified atom stereocenters. The maximum Gasteiger partial charge on any atom is 0.276 e. The summed E-state index contributed by atoms with van der Waals surface area (Å²) < 4.78 is 13.1. The molecule has 1 aromatic carbocycles. The fourth-order valence-electron chi connectivity index (χ4n) is 5.46. The van der Waals surface area contributed by atoms with Crippen molar-refractivity contribution in [3.8, 4) is 5.69 Å². The highest BCUT2D eigenvalue weighted by Crippen LogP contribution is 2.31. The van der Waals surface area contributed by atoms with Crippen LogP contribution in [0.3, 0.4) is 0 Å². The second-order valence-electron chi connectivity index (χ2n) is 10.2. The van der Waals surface area contributed by atoms with Crippen LogP contribution < -0.4 is 5.32 Å². The molecule has 4 aliphatic rings. The zero-order chi connectivity index (χ0) is 25.2. The number of nitrogens with zero attached hydrogens (tertiary/aromatic N) is 5. The molecule has 0 saturated carbocycles. The van der Waals surface area contributed by atoms with Crippen molar-refractivity contribution in [2.45, 2.75) is 57.0 Å². The van der Waals surface area contributed by atoms with E-state index < -0.39 is 17.6 Å². The van der Waals surface area contributed by atoms with E-state index in [9.17, 15) is 19.2 Å². The summed E-state index contributed by atoms with van der Waals surface area (Å²) in [5, 5.41) is 10.6. The molecule has 3 saturated heterocycles. The summed E-state index contributed by atoms with van der Waals surface area (Å²) >= 11 is 0. The third-order valence-corrected chi connectivity index (χ3v) is 7.17. The average Bonchev–Trinajstić information content (AvgIpc) is 3.56. The SMILES string of the molecule is CC1(C)CN(C(=O)c2cn(-c3ccc4c(c3)CN(C3CCC(=O)NC3=O)C4=O)nn2)[C@@H]2COC[C@H]2O1. The Balaban J connectivity index is 1.22. The molecule has 1 aromatic heterocycles. The van der Waals surface area contributed by atoms with Crippen LogP contribution in [0.1, 0.15) is 53.1 Å². The highest BCUT2D eigenvalue weighted by molar-refractivity contribution is 6.05. The summed E-state index contributed by atoms with van der Waals surface area (Å²) in [6.07, 6.45) is 1.91. The molecule has 6 rings (SSSR count). The Morgan fingerprint density at radius 3 is 2.83 bits per heavy atom. The number of nitrogens with one attached hydrogen (secondary N) is 1. The number of hydrogen-bond acceptors (Lipinski definition) is 8. The number of fused-ring (bicyclic) bond motifs is 2. The molecule has 4 amide bonds. The van der Waals surface area contributed by atoms with Gasteiger partial charge in [0.25, 0.3) is 11.8 Å². The van der Waals surface area contributed by atoms with E-state index in [1.165, 1.54) is 9.58 Å². The summed E-state index contributed by atoms with van der Waals surface area (Å²) in [7, 11) is 0. The van der Waals surface area contributed by atoms with E-state index in [0.29, 0.717) is 37.4 Å². The van der Waals surface area contributed by atoms with Crippen molar-refractivity contribution < 1.29 is 28.7 Å². The van der Waals surface area contributed by atoms with Crippen molar-refractivity contribution in [3.05, 3.63) is 41.2 Å². The van der Waals surface area contributed by atoms with E-state index in [1.807, 2.05) is 13.8 Å². The van der Waals surface area contributed by atoms with Gasteiger partial charge < -0.3 is 19.3 Å². The summed E-state index contributed by atoms with van der Waals surface area (Å²) in [5.74, 6) is -1.26. The number of ether oxygens (including phenoxy) is 2. The lowest BCUT2D eigenvalue weighted by Crippen LogP contribution is -2.60. The van der Waals surface area contributed by atoms with Gasteiger partial charge in [-0.05, 0) is 44.0 Å². The smallest absolute Gasteiger partial charge is 0.276 e. The van der Waals surface area contributed by atoms with Crippen LogP contribution >= 0.6 is 0 Å². The number of carbonyl (C=O) groups is 4. The fourth-order valence-corrected chi connectivity index (χ4v) is 5.46. The van der Waals surface area contributed by atoms with Crippen LogP contribution in [-0.2, 0) is 25.6 Å². The van der Waals surface area contributed by atoms with Crippen molar-refractivity contribution in [1.82, 2.24) is 30.1 Å². The molecule has 188 valence electrons. The van der Waals surface area contributed by atoms with Gasteiger partial charge in [0.2, 0.25) is 11.8 Å². The largest absolute Gasteiger partial charge is 0.376 e. The zero-order valence-electron chi connectivity index (χ0n) is 20.0. The van der Waals surface area contributed by atoms with E-state index in [4.69, 9.17) is 9.47 Å². The molecule has 3 fully saturated rings. The van der Waals surface area contributed by atoms with Gasteiger partial charge in [-0.15, -0.1) is 5.10 Å². The van der Waals surface area contributed by atoms with Gasteiger partial charge in [0, 0.05) is 18.5 Å². The maximum atomic E-state index is 13.4. The van der Waals surface area contributed by atoms with E-state index in [1.54, 1.807) is 29.3 Å².